The molecule has 0 aliphatic rings. The van der Waals surface area contributed by atoms with E-state index in [1.54, 1.807) is 10.8 Å². The van der Waals surface area contributed by atoms with Crippen LogP contribution in [-0.4, -0.2) is 25.8 Å². The number of para-hydroxylation sites is 1. The minimum absolute atomic E-state index is 0.108. The lowest BCUT2D eigenvalue weighted by Crippen LogP contribution is -2.26. The Hall–Kier alpha value is -3.42. The number of halogens is 1. The lowest BCUT2D eigenvalue weighted by molar-refractivity contribution is 0.774. The molecule has 5 rings (SSSR count). The maximum atomic E-state index is 13.9. The largest absolute Gasteiger partial charge is 0.361 e. The van der Waals surface area contributed by atoms with Crippen molar-refractivity contribution in [3.63, 3.8) is 0 Å². The van der Waals surface area contributed by atoms with E-state index in [4.69, 9.17) is 11.6 Å². The van der Waals surface area contributed by atoms with Gasteiger partial charge >= 0.3 is 0 Å². The smallest absolute Gasteiger partial charge is 0.264 e. The Bertz CT molecular complexity index is 1530. The van der Waals surface area contributed by atoms with E-state index in [1.807, 2.05) is 73.8 Å². The number of pyridine rings is 2. The second kappa shape index (κ2) is 8.84. The van der Waals surface area contributed by atoms with Gasteiger partial charge in [-0.05, 0) is 43.5 Å². The van der Waals surface area contributed by atoms with Gasteiger partial charge < -0.3 is 5.32 Å². The van der Waals surface area contributed by atoms with Crippen LogP contribution in [0, 0.1) is 0 Å². The normalized spacial score (nSPS) is 12.2. The molecule has 3 heterocycles. The van der Waals surface area contributed by atoms with Crippen molar-refractivity contribution in [2.75, 3.05) is 11.6 Å². The molecule has 0 bridgehead atoms. The first-order chi connectivity index (χ1) is 16.1. The molecule has 0 radical (unpaired) electrons. The topological polar surface area (TPSA) is 72.7 Å². The van der Waals surface area contributed by atoms with Crippen molar-refractivity contribution in [3.8, 4) is 5.69 Å². The monoisotopic (exact) mass is 473 g/mol. The molecule has 0 aliphatic heterocycles. The Morgan fingerprint density at radius 1 is 0.970 bits per heavy atom. The van der Waals surface area contributed by atoms with Gasteiger partial charge in [0.05, 0.1) is 27.5 Å². The first-order valence-corrected chi connectivity index (χ1v) is 12.0. The molecule has 6 nitrogen and oxygen atoms in total. The lowest BCUT2D eigenvalue weighted by Gasteiger charge is -2.23. The fourth-order valence-corrected chi connectivity index (χ4v) is 5.08. The highest BCUT2D eigenvalue weighted by Crippen LogP contribution is 2.35. The van der Waals surface area contributed by atoms with Crippen molar-refractivity contribution in [1.82, 2.24) is 19.5 Å². The fourth-order valence-electron chi connectivity index (χ4n) is 4.06. The molecule has 3 aromatic heterocycles. The van der Waals surface area contributed by atoms with Crippen LogP contribution in [0.3, 0.4) is 0 Å². The van der Waals surface area contributed by atoms with Crippen molar-refractivity contribution in [2.24, 2.45) is 0 Å². The maximum absolute atomic E-state index is 13.9. The van der Waals surface area contributed by atoms with Gasteiger partial charge in [-0.15, -0.1) is 11.8 Å². The molecular weight excluding hydrogens is 454 g/mol. The second-order valence-electron chi connectivity index (χ2n) is 7.52. The van der Waals surface area contributed by atoms with Gasteiger partial charge in [-0.25, -0.2) is 15.0 Å². The van der Waals surface area contributed by atoms with Crippen LogP contribution in [0.1, 0.15) is 18.7 Å². The summed E-state index contributed by atoms with van der Waals surface area (Å²) >= 11 is 8.55. The number of benzene rings is 2. The van der Waals surface area contributed by atoms with E-state index in [0.29, 0.717) is 27.6 Å². The summed E-state index contributed by atoms with van der Waals surface area (Å²) in [6, 6.07) is 18.7. The van der Waals surface area contributed by atoms with Crippen LogP contribution < -0.4 is 10.9 Å². The summed E-state index contributed by atoms with van der Waals surface area (Å²) in [5, 5.41) is 6.11. The molecule has 0 aliphatic carbocycles. The number of thioether (sulfide) groups is 1. The van der Waals surface area contributed by atoms with Crippen molar-refractivity contribution < 1.29 is 0 Å². The number of hydrogen-bond acceptors (Lipinski definition) is 6. The third-order valence-corrected chi connectivity index (χ3v) is 6.73. The highest BCUT2D eigenvalue weighted by atomic mass is 35.5. The first-order valence-electron chi connectivity index (χ1n) is 10.4. The van der Waals surface area contributed by atoms with Crippen LogP contribution in [0.4, 0.5) is 5.82 Å². The fraction of sp³-hybridized carbons (Fsp3) is 0.120. The van der Waals surface area contributed by atoms with Gasteiger partial charge in [0.2, 0.25) is 0 Å². The van der Waals surface area contributed by atoms with E-state index in [1.165, 1.54) is 18.1 Å². The van der Waals surface area contributed by atoms with Crippen molar-refractivity contribution in [2.45, 2.75) is 17.9 Å². The molecule has 33 heavy (non-hydrogen) atoms. The van der Waals surface area contributed by atoms with Crippen LogP contribution in [0.25, 0.3) is 27.5 Å². The molecule has 0 spiro atoms. The summed E-state index contributed by atoms with van der Waals surface area (Å²) in [5.41, 5.74) is 1.90. The molecule has 1 atom stereocenters. The number of aromatic nitrogens is 4. The van der Waals surface area contributed by atoms with E-state index in [9.17, 15) is 4.79 Å². The number of rotatable bonds is 5. The van der Waals surface area contributed by atoms with Gasteiger partial charge in [0.25, 0.3) is 5.56 Å². The molecular formula is C25H20ClN5OS. The van der Waals surface area contributed by atoms with Gasteiger partial charge in [-0.3, -0.25) is 9.36 Å². The number of hydrogen-bond donors (Lipinski definition) is 1. The third kappa shape index (κ3) is 3.73. The number of fused-ring (bicyclic) bond motifs is 2. The van der Waals surface area contributed by atoms with E-state index in [-0.39, 0.29) is 11.6 Å². The Balaban J connectivity index is 1.76. The average Bonchev–Trinajstić information content (AvgIpc) is 2.86. The SMILES string of the molecule is CSc1cccc2c(Cl)c([C@H](C)Nc3ncnc4ncccc34)n(-c3ccccc3)c(=O)c12. The van der Waals surface area contributed by atoms with Crippen LogP contribution in [0.15, 0.2) is 82.9 Å². The quantitative estimate of drug-likeness (QED) is 0.321. The number of nitrogens with one attached hydrogen (secondary N) is 1. The molecule has 0 amide bonds. The Kier molecular flexibility index (Phi) is 5.74. The van der Waals surface area contributed by atoms with E-state index >= 15 is 0 Å². The summed E-state index contributed by atoms with van der Waals surface area (Å²) in [7, 11) is 0. The Labute approximate surface area is 199 Å². The second-order valence-corrected chi connectivity index (χ2v) is 8.75. The molecule has 0 fully saturated rings. The zero-order valence-corrected chi connectivity index (χ0v) is 19.6. The van der Waals surface area contributed by atoms with Crippen molar-refractivity contribution in [3.05, 3.63) is 94.3 Å². The lowest BCUT2D eigenvalue weighted by atomic mass is 10.1. The summed E-state index contributed by atoms with van der Waals surface area (Å²) in [5.74, 6) is 0.627. The van der Waals surface area contributed by atoms with E-state index < -0.39 is 0 Å². The van der Waals surface area contributed by atoms with E-state index in [0.717, 1.165) is 21.4 Å². The zero-order valence-electron chi connectivity index (χ0n) is 18.0. The van der Waals surface area contributed by atoms with Crippen LogP contribution in [0.5, 0.6) is 0 Å². The number of nitrogens with zero attached hydrogens (tertiary/aromatic N) is 4. The van der Waals surface area contributed by atoms with Crippen LogP contribution >= 0.6 is 23.4 Å². The maximum Gasteiger partial charge on any atom is 0.264 e. The number of anilines is 1. The highest BCUT2D eigenvalue weighted by Gasteiger charge is 2.23. The summed E-state index contributed by atoms with van der Waals surface area (Å²) in [6.07, 6.45) is 5.13. The minimum Gasteiger partial charge on any atom is -0.361 e. The summed E-state index contributed by atoms with van der Waals surface area (Å²) in [4.78, 5) is 27.7. The first kappa shape index (κ1) is 21.4. The molecule has 164 valence electrons. The predicted octanol–water partition coefficient (Wildman–Crippen LogP) is 5.88. The van der Waals surface area contributed by atoms with Crippen LogP contribution in [-0.2, 0) is 0 Å². The van der Waals surface area contributed by atoms with Crippen molar-refractivity contribution in [1.29, 1.82) is 0 Å². The van der Waals surface area contributed by atoms with Gasteiger partial charge in [-0.1, -0.05) is 41.9 Å². The zero-order chi connectivity index (χ0) is 22.9. The predicted molar refractivity (Wildman–Crippen MR) is 136 cm³/mol. The average molecular weight is 474 g/mol. The third-order valence-electron chi connectivity index (χ3n) is 5.55. The van der Waals surface area contributed by atoms with Gasteiger partial charge in [0.15, 0.2) is 5.65 Å². The van der Waals surface area contributed by atoms with Crippen molar-refractivity contribution >= 4 is 51.0 Å². The molecule has 0 saturated heterocycles. The molecule has 1 N–H and O–H groups in total. The molecule has 5 aromatic rings. The Morgan fingerprint density at radius 2 is 1.76 bits per heavy atom. The van der Waals surface area contributed by atoms with Crippen LogP contribution in [0.2, 0.25) is 5.02 Å². The standard InChI is InChI=1S/C25H20ClN5OS/c1-15(30-24-18-11-7-13-27-23(18)28-14-29-24)22-21(26)17-10-6-12-19(33-2)20(17)25(32)31(22)16-8-4-3-5-9-16/h3-15H,1-2H3,(H,27,28,29,30)/t15-/m0/s1. The molecule has 0 unspecified atom stereocenters. The highest BCUT2D eigenvalue weighted by molar-refractivity contribution is 7.98. The Morgan fingerprint density at radius 3 is 2.55 bits per heavy atom. The van der Waals surface area contributed by atoms with Gasteiger partial charge in [0, 0.05) is 22.2 Å². The van der Waals surface area contributed by atoms with Gasteiger partial charge in [0.1, 0.15) is 12.1 Å². The summed E-state index contributed by atoms with van der Waals surface area (Å²) in [6.45, 7) is 1.97. The molecule has 2 aromatic carbocycles. The van der Waals surface area contributed by atoms with Gasteiger partial charge in [-0.2, -0.15) is 0 Å². The van der Waals surface area contributed by atoms with E-state index in [2.05, 4.69) is 20.3 Å². The molecule has 0 saturated carbocycles. The molecule has 8 heteroatoms. The summed E-state index contributed by atoms with van der Waals surface area (Å²) < 4.78 is 1.70. The minimum atomic E-state index is -0.342.